The topological polar surface area (TPSA) is 91.1 Å². The Kier molecular flexibility index (Phi) is 5.27. The summed E-state index contributed by atoms with van der Waals surface area (Å²) in [6.45, 7) is 5.54. The van der Waals surface area contributed by atoms with Crippen molar-refractivity contribution in [1.29, 1.82) is 0 Å². The van der Waals surface area contributed by atoms with E-state index in [1.54, 1.807) is 13.0 Å². The molecule has 0 saturated carbocycles. The maximum atomic E-state index is 13.2. The van der Waals surface area contributed by atoms with Crippen molar-refractivity contribution in [2.24, 2.45) is 4.99 Å². The molecule has 2 heterocycles. The van der Waals surface area contributed by atoms with Crippen molar-refractivity contribution in [1.82, 2.24) is 25.8 Å². The zero-order chi connectivity index (χ0) is 17.6. The summed E-state index contributed by atoms with van der Waals surface area (Å²) < 4.78 is 18.3. The fourth-order valence-corrected chi connectivity index (χ4v) is 2.57. The van der Waals surface area contributed by atoms with Crippen LogP contribution in [0.4, 0.5) is 4.39 Å². The van der Waals surface area contributed by atoms with Crippen LogP contribution in [0.3, 0.4) is 0 Å². The van der Waals surface area contributed by atoms with Gasteiger partial charge in [0.15, 0.2) is 11.8 Å². The Morgan fingerprint density at radius 1 is 1.36 bits per heavy atom. The highest BCUT2D eigenvalue weighted by molar-refractivity contribution is 5.83. The molecule has 0 atom stereocenters. The van der Waals surface area contributed by atoms with Crippen molar-refractivity contribution in [2.45, 2.75) is 26.8 Å². The van der Waals surface area contributed by atoms with Crippen molar-refractivity contribution < 1.29 is 8.91 Å². The van der Waals surface area contributed by atoms with Gasteiger partial charge < -0.3 is 20.1 Å². The van der Waals surface area contributed by atoms with Gasteiger partial charge in [-0.3, -0.25) is 0 Å². The van der Waals surface area contributed by atoms with Crippen LogP contribution in [0.25, 0.3) is 10.9 Å². The van der Waals surface area contributed by atoms with Crippen LogP contribution >= 0.6 is 0 Å². The van der Waals surface area contributed by atoms with E-state index in [0.29, 0.717) is 30.8 Å². The average Bonchev–Trinajstić information content (AvgIpc) is 3.18. The number of halogens is 1. The largest absolute Gasteiger partial charge is 0.361 e. The second-order valence-corrected chi connectivity index (χ2v) is 5.61. The lowest BCUT2D eigenvalue weighted by molar-refractivity contribution is 0.376. The molecule has 25 heavy (non-hydrogen) atoms. The number of hydrogen-bond donors (Lipinski definition) is 3. The number of hydrogen-bond acceptors (Lipinski definition) is 4. The summed E-state index contributed by atoms with van der Waals surface area (Å²) in [5, 5.41) is 11.2. The minimum Gasteiger partial charge on any atom is -0.361 e. The van der Waals surface area contributed by atoms with Gasteiger partial charge in [0, 0.05) is 30.2 Å². The Bertz CT molecular complexity index is 869. The van der Waals surface area contributed by atoms with Gasteiger partial charge in [-0.2, -0.15) is 4.98 Å². The van der Waals surface area contributed by atoms with E-state index in [1.165, 1.54) is 12.1 Å². The number of benzene rings is 1. The molecule has 132 valence electrons. The van der Waals surface area contributed by atoms with E-state index < -0.39 is 0 Å². The number of rotatable bonds is 6. The maximum Gasteiger partial charge on any atom is 0.248 e. The molecule has 0 aliphatic carbocycles. The van der Waals surface area contributed by atoms with Crippen molar-refractivity contribution in [3.05, 3.63) is 47.5 Å². The summed E-state index contributed by atoms with van der Waals surface area (Å²) in [4.78, 5) is 11.7. The minimum absolute atomic E-state index is 0.239. The number of nitrogens with one attached hydrogen (secondary N) is 3. The third-order valence-electron chi connectivity index (χ3n) is 3.70. The van der Waals surface area contributed by atoms with Crippen molar-refractivity contribution in [3.8, 4) is 0 Å². The van der Waals surface area contributed by atoms with E-state index in [2.05, 4.69) is 30.8 Å². The predicted octanol–water partition coefficient (Wildman–Crippen LogP) is 2.30. The van der Waals surface area contributed by atoms with Crippen molar-refractivity contribution in [2.75, 3.05) is 13.1 Å². The standard InChI is InChI=1S/C17H21FN6O/c1-3-19-17(22-10-16-23-11(2)24-25-16)20-7-6-12-9-21-15-8-13(18)4-5-14(12)15/h4-5,8-9,21H,3,6-7,10H2,1-2H3,(H2,19,20,22). The fraction of sp³-hybridized carbons (Fsp3) is 0.353. The molecule has 1 aromatic carbocycles. The first-order valence-corrected chi connectivity index (χ1v) is 8.22. The SMILES string of the molecule is CCNC(=NCc1nc(C)no1)NCCc1c[nH]c2cc(F)ccc12. The van der Waals surface area contributed by atoms with Gasteiger partial charge in [0.2, 0.25) is 5.89 Å². The van der Waals surface area contributed by atoms with Crippen LogP contribution in [-0.2, 0) is 13.0 Å². The van der Waals surface area contributed by atoms with E-state index in [4.69, 9.17) is 4.52 Å². The van der Waals surface area contributed by atoms with E-state index in [-0.39, 0.29) is 5.82 Å². The van der Waals surface area contributed by atoms with Crippen LogP contribution in [-0.4, -0.2) is 34.2 Å². The average molecular weight is 344 g/mol. The van der Waals surface area contributed by atoms with E-state index in [9.17, 15) is 4.39 Å². The number of fused-ring (bicyclic) bond motifs is 1. The number of guanidine groups is 1. The van der Waals surface area contributed by atoms with Gasteiger partial charge in [-0.25, -0.2) is 9.38 Å². The molecule has 0 radical (unpaired) electrons. The molecule has 3 aromatic rings. The third kappa shape index (κ3) is 4.34. The lowest BCUT2D eigenvalue weighted by Gasteiger charge is -2.10. The molecule has 0 aliphatic rings. The van der Waals surface area contributed by atoms with Gasteiger partial charge in [-0.15, -0.1) is 0 Å². The molecule has 0 bridgehead atoms. The Balaban J connectivity index is 1.59. The number of aryl methyl sites for hydroxylation is 1. The Hall–Kier alpha value is -2.90. The van der Waals surface area contributed by atoms with Gasteiger partial charge in [-0.1, -0.05) is 5.16 Å². The zero-order valence-electron chi connectivity index (χ0n) is 14.3. The van der Waals surface area contributed by atoms with Gasteiger partial charge in [0.05, 0.1) is 0 Å². The molecule has 3 N–H and O–H groups in total. The molecule has 0 spiro atoms. The zero-order valence-corrected chi connectivity index (χ0v) is 14.3. The lowest BCUT2D eigenvalue weighted by Crippen LogP contribution is -2.38. The highest BCUT2D eigenvalue weighted by atomic mass is 19.1. The first kappa shape index (κ1) is 16.9. The number of aromatic amines is 1. The molecule has 7 nitrogen and oxygen atoms in total. The quantitative estimate of drug-likeness (QED) is 0.471. The molecular formula is C17H21FN6O. The van der Waals surface area contributed by atoms with Crippen LogP contribution in [0.1, 0.15) is 24.2 Å². The fourth-order valence-electron chi connectivity index (χ4n) is 2.57. The summed E-state index contributed by atoms with van der Waals surface area (Å²) in [6.07, 6.45) is 2.70. The smallest absolute Gasteiger partial charge is 0.248 e. The predicted molar refractivity (Wildman–Crippen MR) is 93.8 cm³/mol. The monoisotopic (exact) mass is 344 g/mol. The van der Waals surface area contributed by atoms with Gasteiger partial charge in [0.25, 0.3) is 0 Å². The molecule has 0 saturated heterocycles. The molecule has 2 aromatic heterocycles. The molecule has 0 amide bonds. The highest BCUT2D eigenvalue weighted by Crippen LogP contribution is 2.19. The van der Waals surface area contributed by atoms with Crippen LogP contribution in [0.15, 0.2) is 33.9 Å². The third-order valence-corrected chi connectivity index (χ3v) is 3.70. The van der Waals surface area contributed by atoms with Crippen LogP contribution < -0.4 is 10.6 Å². The highest BCUT2D eigenvalue weighted by Gasteiger charge is 2.06. The molecule has 0 unspecified atom stereocenters. The van der Waals surface area contributed by atoms with E-state index >= 15 is 0 Å². The van der Waals surface area contributed by atoms with Gasteiger partial charge in [0.1, 0.15) is 12.4 Å². The minimum atomic E-state index is -0.239. The van der Waals surface area contributed by atoms with Crippen LogP contribution in [0.2, 0.25) is 0 Å². The molecule has 3 rings (SSSR count). The van der Waals surface area contributed by atoms with Gasteiger partial charge in [-0.05, 0) is 44.0 Å². The lowest BCUT2D eigenvalue weighted by atomic mass is 10.1. The Labute approximate surface area is 144 Å². The molecule has 0 aliphatic heterocycles. The van der Waals surface area contributed by atoms with Gasteiger partial charge >= 0.3 is 0 Å². The molecular weight excluding hydrogens is 323 g/mol. The normalized spacial score (nSPS) is 11.9. The molecule has 0 fully saturated rings. The number of aliphatic imine (C=N–C) groups is 1. The Morgan fingerprint density at radius 3 is 3.00 bits per heavy atom. The number of aromatic nitrogens is 3. The second kappa shape index (κ2) is 7.78. The number of nitrogens with zero attached hydrogens (tertiary/aromatic N) is 3. The first-order chi connectivity index (χ1) is 12.2. The molecule has 8 heteroatoms. The van der Waals surface area contributed by atoms with E-state index in [0.717, 1.165) is 29.4 Å². The summed E-state index contributed by atoms with van der Waals surface area (Å²) in [5.41, 5.74) is 1.94. The second-order valence-electron chi connectivity index (χ2n) is 5.61. The summed E-state index contributed by atoms with van der Waals surface area (Å²) in [7, 11) is 0. The summed E-state index contributed by atoms with van der Waals surface area (Å²) in [5.74, 6) is 1.52. The maximum absolute atomic E-state index is 13.2. The number of H-pyrrole nitrogens is 1. The van der Waals surface area contributed by atoms with Crippen molar-refractivity contribution >= 4 is 16.9 Å². The van der Waals surface area contributed by atoms with Crippen LogP contribution in [0.5, 0.6) is 0 Å². The first-order valence-electron chi connectivity index (χ1n) is 8.22. The Morgan fingerprint density at radius 2 is 2.24 bits per heavy atom. The van der Waals surface area contributed by atoms with E-state index in [1.807, 2.05) is 13.1 Å². The van der Waals surface area contributed by atoms with Crippen LogP contribution in [0, 0.1) is 12.7 Å². The summed E-state index contributed by atoms with van der Waals surface area (Å²) in [6, 6.07) is 4.78. The van der Waals surface area contributed by atoms with Crippen molar-refractivity contribution in [3.63, 3.8) is 0 Å². The summed E-state index contributed by atoms with van der Waals surface area (Å²) >= 11 is 0.